The first-order valence-electron chi connectivity index (χ1n) is 10.1. The maximum atomic E-state index is 12.8. The van der Waals surface area contributed by atoms with Gasteiger partial charge >= 0.3 is 0 Å². The second-order valence-corrected chi connectivity index (χ2v) is 7.37. The predicted octanol–water partition coefficient (Wildman–Crippen LogP) is 2.60. The van der Waals surface area contributed by atoms with E-state index in [1.54, 1.807) is 24.5 Å². The minimum absolute atomic E-state index is 0.0212. The molecule has 0 aliphatic carbocycles. The summed E-state index contributed by atoms with van der Waals surface area (Å²) in [5, 5.41) is 3.25. The van der Waals surface area contributed by atoms with Crippen LogP contribution in [0, 0.1) is 13.8 Å². The van der Waals surface area contributed by atoms with Crippen molar-refractivity contribution < 1.29 is 9.53 Å². The second-order valence-electron chi connectivity index (χ2n) is 7.37. The topological polar surface area (TPSA) is 96.4 Å². The van der Waals surface area contributed by atoms with Crippen LogP contribution in [0.2, 0.25) is 0 Å². The third-order valence-corrected chi connectivity index (χ3v) is 5.08. The summed E-state index contributed by atoms with van der Waals surface area (Å²) in [6.45, 7) is 6.48. The number of pyridine rings is 2. The molecular weight excluding hydrogens is 394 g/mol. The maximum Gasteiger partial charge on any atom is 0.254 e. The number of hydrogen-bond donors (Lipinski definition) is 1. The fraction of sp³-hybridized carbons (Fsp3) is 0.318. The van der Waals surface area contributed by atoms with Crippen LogP contribution in [0.1, 0.15) is 21.7 Å². The fourth-order valence-corrected chi connectivity index (χ4v) is 3.49. The van der Waals surface area contributed by atoms with Crippen molar-refractivity contribution in [1.29, 1.82) is 0 Å². The summed E-state index contributed by atoms with van der Waals surface area (Å²) in [7, 11) is 1.54. The minimum Gasteiger partial charge on any atom is -0.481 e. The smallest absolute Gasteiger partial charge is 0.254 e. The van der Waals surface area contributed by atoms with E-state index in [2.05, 4.69) is 30.2 Å². The number of nitrogens with zero attached hydrogens (tertiary/aromatic N) is 6. The number of ether oxygens (including phenoxy) is 1. The molecule has 4 rings (SSSR count). The van der Waals surface area contributed by atoms with Gasteiger partial charge in [0.25, 0.3) is 5.91 Å². The van der Waals surface area contributed by atoms with Gasteiger partial charge in [0.1, 0.15) is 23.3 Å². The van der Waals surface area contributed by atoms with Gasteiger partial charge in [0, 0.05) is 56.3 Å². The maximum absolute atomic E-state index is 12.8. The van der Waals surface area contributed by atoms with Gasteiger partial charge in [0.05, 0.1) is 7.11 Å². The van der Waals surface area contributed by atoms with E-state index in [-0.39, 0.29) is 5.91 Å². The van der Waals surface area contributed by atoms with Crippen LogP contribution in [0.15, 0.2) is 42.7 Å². The number of piperazine rings is 1. The highest BCUT2D eigenvalue weighted by molar-refractivity contribution is 5.94. The van der Waals surface area contributed by atoms with Crippen molar-refractivity contribution in [3.8, 4) is 5.88 Å². The van der Waals surface area contributed by atoms with Gasteiger partial charge in [-0.1, -0.05) is 0 Å². The molecule has 31 heavy (non-hydrogen) atoms. The first-order valence-corrected chi connectivity index (χ1v) is 10.1. The van der Waals surface area contributed by atoms with E-state index in [1.165, 1.54) is 7.11 Å². The molecule has 0 spiro atoms. The summed E-state index contributed by atoms with van der Waals surface area (Å²) < 4.78 is 5.12. The number of carbonyl (C=O) groups is 1. The first kappa shape index (κ1) is 20.5. The highest BCUT2D eigenvalue weighted by Crippen LogP contribution is 2.21. The summed E-state index contributed by atoms with van der Waals surface area (Å²) in [4.78, 5) is 34.3. The molecule has 0 atom stereocenters. The van der Waals surface area contributed by atoms with Crippen LogP contribution in [0.3, 0.4) is 0 Å². The molecule has 3 aromatic heterocycles. The number of hydrogen-bond acceptors (Lipinski definition) is 8. The first-order chi connectivity index (χ1) is 15.0. The van der Waals surface area contributed by atoms with Gasteiger partial charge in [0.15, 0.2) is 0 Å². The molecule has 1 amide bonds. The van der Waals surface area contributed by atoms with Crippen LogP contribution >= 0.6 is 0 Å². The molecule has 4 heterocycles. The van der Waals surface area contributed by atoms with Gasteiger partial charge in [-0.3, -0.25) is 4.79 Å². The highest BCUT2D eigenvalue weighted by Gasteiger charge is 2.24. The van der Waals surface area contributed by atoms with Crippen molar-refractivity contribution in [2.24, 2.45) is 0 Å². The number of nitrogens with one attached hydrogen (secondary N) is 1. The molecule has 1 fully saturated rings. The van der Waals surface area contributed by atoms with Gasteiger partial charge in [-0.25, -0.2) is 19.9 Å². The number of rotatable bonds is 5. The van der Waals surface area contributed by atoms with Gasteiger partial charge in [-0.05, 0) is 37.6 Å². The largest absolute Gasteiger partial charge is 0.481 e. The van der Waals surface area contributed by atoms with E-state index in [9.17, 15) is 4.79 Å². The van der Waals surface area contributed by atoms with Crippen molar-refractivity contribution in [3.05, 3.63) is 59.7 Å². The normalized spacial score (nSPS) is 13.8. The van der Waals surface area contributed by atoms with E-state index >= 15 is 0 Å². The predicted molar refractivity (Wildman–Crippen MR) is 118 cm³/mol. The SMILES string of the molecule is COc1cc(C(=O)N2CCN(c3cc(Nc4cc(C)ccn4)nc(C)n3)CC2)ccn1. The second kappa shape index (κ2) is 8.95. The Bertz CT molecular complexity index is 1080. The summed E-state index contributed by atoms with van der Waals surface area (Å²) in [5.41, 5.74) is 1.70. The molecule has 1 aliphatic rings. The average molecular weight is 419 g/mol. The zero-order chi connectivity index (χ0) is 21.8. The van der Waals surface area contributed by atoms with Crippen molar-refractivity contribution in [2.75, 3.05) is 43.5 Å². The van der Waals surface area contributed by atoms with E-state index in [0.29, 0.717) is 49.3 Å². The fourth-order valence-electron chi connectivity index (χ4n) is 3.49. The van der Waals surface area contributed by atoms with Gasteiger partial charge < -0.3 is 19.9 Å². The van der Waals surface area contributed by atoms with E-state index in [4.69, 9.17) is 4.74 Å². The highest BCUT2D eigenvalue weighted by atomic mass is 16.5. The Kier molecular flexibility index (Phi) is 5.92. The summed E-state index contributed by atoms with van der Waals surface area (Å²) in [6.07, 6.45) is 3.35. The van der Waals surface area contributed by atoms with Crippen LogP contribution in [0.25, 0.3) is 0 Å². The Morgan fingerprint density at radius 2 is 1.74 bits per heavy atom. The molecule has 3 aromatic rings. The monoisotopic (exact) mass is 419 g/mol. The van der Waals surface area contributed by atoms with E-state index in [0.717, 1.165) is 17.2 Å². The number of methoxy groups -OCH3 is 1. The van der Waals surface area contributed by atoms with Gasteiger partial charge in [-0.15, -0.1) is 0 Å². The molecule has 1 N–H and O–H groups in total. The number of carbonyl (C=O) groups excluding carboxylic acids is 1. The number of anilines is 3. The Morgan fingerprint density at radius 1 is 0.968 bits per heavy atom. The molecule has 0 aromatic carbocycles. The molecule has 9 nitrogen and oxygen atoms in total. The zero-order valence-electron chi connectivity index (χ0n) is 17.9. The van der Waals surface area contributed by atoms with Gasteiger partial charge in [0.2, 0.25) is 5.88 Å². The third-order valence-electron chi connectivity index (χ3n) is 5.08. The lowest BCUT2D eigenvalue weighted by Crippen LogP contribution is -2.49. The van der Waals surface area contributed by atoms with E-state index < -0.39 is 0 Å². The zero-order valence-corrected chi connectivity index (χ0v) is 17.9. The minimum atomic E-state index is -0.0212. The molecule has 0 radical (unpaired) electrons. The van der Waals surface area contributed by atoms with Crippen LogP contribution in [-0.4, -0.2) is 64.0 Å². The quantitative estimate of drug-likeness (QED) is 0.674. The summed E-state index contributed by atoms with van der Waals surface area (Å²) in [6, 6.07) is 9.21. The Hall–Kier alpha value is -3.75. The van der Waals surface area contributed by atoms with Crippen LogP contribution in [0.4, 0.5) is 17.5 Å². The molecule has 9 heteroatoms. The average Bonchev–Trinajstić information content (AvgIpc) is 2.78. The molecule has 0 saturated carbocycles. The van der Waals surface area contributed by atoms with Crippen molar-refractivity contribution in [2.45, 2.75) is 13.8 Å². The lowest BCUT2D eigenvalue weighted by Gasteiger charge is -2.35. The lowest BCUT2D eigenvalue weighted by atomic mass is 10.2. The number of aryl methyl sites for hydroxylation is 2. The van der Waals surface area contributed by atoms with Gasteiger partial charge in [-0.2, -0.15) is 0 Å². The molecular formula is C22H25N7O2. The molecule has 1 aliphatic heterocycles. The van der Waals surface area contributed by atoms with Crippen LogP contribution < -0.4 is 15.0 Å². The standard InChI is InChI=1S/C22H25N7O2/c1-15-4-6-23-18(12-15)27-19-14-20(26-16(2)25-19)28-8-10-29(11-9-28)22(30)17-5-7-24-21(13-17)31-3/h4-7,12-14H,8-11H2,1-3H3,(H,23,25,26,27). The lowest BCUT2D eigenvalue weighted by molar-refractivity contribution is 0.0746. The Balaban J connectivity index is 1.43. The summed E-state index contributed by atoms with van der Waals surface area (Å²) >= 11 is 0. The molecule has 160 valence electrons. The summed E-state index contributed by atoms with van der Waals surface area (Å²) in [5.74, 6) is 3.36. The van der Waals surface area contributed by atoms with Crippen LogP contribution in [0.5, 0.6) is 5.88 Å². The molecule has 1 saturated heterocycles. The number of aromatic nitrogens is 4. The Labute approximate surface area is 181 Å². The Morgan fingerprint density at radius 3 is 2.48 bits per heavy atom. The van der Waals surface area contributed by atoms with Crippen molar-refractivity contribution in [1.82, 2.24) is 24.8 Å². The molecule has 0 unspecified atom stereocenters. The number of amides is 1. The third kappa shape index (κ3) is 4.88. The van der Waals surface area contributed by atoms with Crippen molar-refractivity contribution >= 4 is 23.4 Å². The van der Waals surface area contributed by atoms with E-state index in [1.807, 2.05) is 36.9 Å². The van der Waals surface area contributed by atoms with Crippen LogP contribution in [-0.2, 0) is 0 Å². The van der Waals surface area contributed by atoms with Crippen molar-refractivity contribution in [3.63, 3.8) is 0 Å². The molecule has 0 bridgehead atoms.